The number of carbonyl (C=O) groups excluding carboxylic acids is 2. The molecule has 3 rings (SSSR count). The maximum Gasteiger partial charge on any atom is 0.251 e. The normalized spacial score (nSPS) is 14.1. The van der Waals surface area contributed by atoms with Crippen molar-refractivity contribution >= 4 is 17.5 Å². The van der Waals surface area contributed by atoms with Gasteiger partial charge in [-0.05, 0) is 43.2 Å². The minimum absolute atomic E-state index is 0.0881. The van der Waals surface area contributed by atoms with Gasteiger partial charge in [-0.2, -0.15) is 0 Å². The zero-order valence-corrected chi connectivity index (χ0v) is 15.9. The second kappa shape index (κ2) is 9.21. The first-order valence-corrected chi connectivity index (χ1v) is 9.56. The minimum Gasteiger partial charge on any atom is -0.368 e. The predicted molar refractivity (Wildman–Crippen MR) is 108 cm³/mol. The Labute approximate surface area is 161 Å². The van der Waals surface area contributed by atoms with Crippen molar-refractivity contribution in [3.8, 4) is 0 Å². The predicted octanol–water partition coefficient (Wildman–Crippen LogP) is 2.85. The standard InChI is InChI=1S/C22H27N3O2/c1-18-7-5-10-20(17-18)24-13-15-25(16-14-24)21(26)11-6-12-23-22(27)19-8-3-2-4-9-19/h2-5,7-10,17H,6,11-16H2,1H3,(H,23,27). The van der Waals surface area contributed by atoms with Crippen molar-refractivity contribution in [1.82, 2.24) is 10.2 Å². The number of carbonyl (C=O) groups is 2. The summed E-state index contributed by atoms with van der Waals surface area (Å²) in [7, 11) is 0. The molecule has 2 amide bonds. The summed E-state index contributed by atoms with van der Waals surface area (Å²) < 4.78 is 0. The number of nitrogens with zero attached hydrogens (tertiary/aromatic N) is 2. The second-order valence-corrected chi connectivity index (χ2v) is 6.93. The molecular formula is C22H27N3O2. The molecular weight excluding hydrogens is 338 g/mol. The van der Waals surface area contributed by atoms with Gasteiger partial charge < -0.3 is 15.1 Å². The Balaban J connectivity index is 1.37. The van der Waals surface area contributed by atoms with Gasteiger partial charge in [-0.15, -0.1) is 0 Å². The van der Waals surface area contributed by atoms with E-state index in [1.807, 2.05) is 23.1 Å². The van der Waals surface area contributed by atoms with Gasteiger partial charge in [0, 0.05) is 50.4 Å². The molecule has 5 nitrogen and oxygen atoms in total. The molecule has 2 aromatic carbocycles. The van der Waals surface area contributed by atoms with E-state index in [9.17, 15) is 9.59 Å². The lowest BCUT2D eigenvalue weighted by molar-refractivity contribution is -0.131. The second-order valence-electron chi connectivity index (χ2n) is 6.93. The summed E-state index contributed by atoms with van der Waals surface area (Å²) in [4.78, 5) is 28.6. The quantitative estimate of drug-likeness (QED) is 0.801. The number of anilines is 1. The third-order valence-electron chi connectivity index (χ3n) is 4.89. The van der Waals surface area contributed by atoms with Gasteiger partial charge in [0.2, 0.25) is 5.91 Å². The molecule has 1 saturated heterocycles. The number of piperazine rings is 1. The number of hydrogen-bond donors (Lipinski definition) is 1. The SMILES string of the molecule is Cc1cccc(N2CCN(C(=O)CCCNC(=O)c3ccccc3)CC2)c1. The third-order valence-corrected chi connectivity index (χ3v) is 4.89. The van der Waals surface area contributed by atoms with Crippen molar-refractivity contribution in [3.63, 3.8) is 0 Å². The molecule has 0 unspecified atom stereocenters. The summed E-state index contributed by atoms with van der Waals surface area (Å²) in [5, 5.41) is 2.87. The largest absolute Gasteiger partial charge is 0.368 e. The molecule has 0 bridgehead atoms. The summed E-state index contributed by atoms with van der Waals surface area (Å²) in [6, 6.07) is 17.6. The maximum atomic E-state index is 12.4. The average molecular weight is 365 g/mol. The number of nitrogens with one attached hydrogen (secondary N) is 1. The highest BCUT2D eigenvalue weighted by molar-refractivity contribution is 5.94. The van der Waals surface area contributed by atoms with E-state index in [2.05, 4.69) is 41.4 Å². The van der Waals surface area contributed by atoms with Gasteiger partial charge in [-0.3, -0.25) is 9.59 Å². The van der Waals surface area contributed by atoms with Crippen LogP contribution in [0.2, 0.25) is 0 Å². The lowest BCUT2D eigenvalue weighted by atomic mass is 10.2. The summed E-state index contributed by atoms with van der Waals surface area (Å²) >= 11 is 0. The topological polar surface area (TPSA) is 52.6 Å². The molecule has 0 atom stereocenters. The van der Waals surface area contributed by atoms with Gasteiger partial charge in [0.15, 0.2) is 0 Å². The number of hydrogen-bond acceptors (Lipinski definition) is 3. The van der Waals surface area contributed by atoms with Crippen LogP contribution in [0, 0.1) is 6.92 Å². The van der Waals surface area contributed by atoms with E-state index in [1.54, 1.807) is 12.1 Å². The van der Waals surface area contributed by atoms with Gasteiger partial charge in [0.25, 0.3) is 5.91 Å². The molecule has 0 aliphatic carbocycles. The van der Waals surface area contributed by atoms with E-state index >= 15 is 0 Å². The Morgan fingerprint density at radius 3 is 2.41 bits per heavy atom. The fourth-order valence-electron chi connectivity index (χ4n) is 3.33. The Morgan fingerprint density at radius 1 is 0.963 bits per heavy atom. The number of aryl methyl sites for hydroxylation is 1. The maximum absolute atomic E-state index is 12.4. The van der Waals surface area contributed by atoms with Gasteiger partial charge in [-0.25, -0.2) is 0 Å². The van der Waals surface area contributed by atoms with E-state index in [0.29, 0.717) is 24.9 Å². The van der Waals surface area contributed by atoms with Crippen molar-refractivity contribution in [2.45, 2.75) is 19.8 Å². The molecule has 0 spiro atoms. The monoisotopic (exact) mass is 365 g/mol. The first-order valence-electron chi connectivity index (χ1n) is 9.56. The number of benzene rings is 2. The highest BCUT2D eigenvalue weighted by Gasteiger charge is 2.21. The van der Waals surface area contributed by atoms with Crippen LogP contribution in [0.25, 0.3) is 0 Å². The summed E-state index contributed by atoms with van der Waals surface area (Å²) in [5.41, 5.74) is 3.13. The van der Waals surface area contributed by atoms with Crippen LogP contribution < -0.4 is 10.2 Å². The van der Waals surface area contributed by atoms with Crippen LogP contribution in [0.5, 0.6) is 0 Å². The first kappa shape index (κ1) is 19.0. The Hall–Kier alpha value is -2.82. The van der Waals surface area contributed by atoms with Crippen molar-refractivity contribution in [2.75, 3.05) is 37.6 Å². The Bertz CT molecular complexity index is 768. The van der Waals surface area contributed by atoms with E-state index in [1.165, 1.54) is 11.3 Å². The summed E-state index contributed by atoms with van der Waals surface area (Å²) in [6.45, 7) is 5.84. The van der Waals surface area contributed by atoms with Crippen LogP contribution in [0.1, 0.15) is 28.8 Å². The van der Waals surface area contributed by atoms with Crippen molar-refractivity contribution in [2.24, 2.45) is 0 Å². The molecule has 0 saturated carbocycles. The lowest BCUT2D eigenvalue weighted by Gasteiger charge is -2.36. The van der Waals surface area contributed by atoms with E-state index in [4.69, 9.17) is 0 Å². The summed E-state index contributed by atoms with van der Waals surface area (Å²) in [5.74, 6) is 0.0858. The number of rotatable bonds is 6. The molecule has 1 aliphatic heterocycles. The van der Waals surface area contributed by atoms with Gasteiger partial charge in [0.05, 0.1) is 0 Å². The fourth-order valence-corrected chi connectivity index (χ4v) is 3.33. The Kier molecular flexibility index (Phi) is 6.47. The summed E-state index contributed by atoms with van der Waals surface area (Å²) in [6.07, 6.45) is 1.13. The van der Waals surface area contributed by atoms with Crippen molar-refractivity contribution in [1.29, 1.82) is 0 Å². The lowest BCUT2D eigenvalue weighted by Crippen LogP contribution is -2.48. The van der Waals surface area contributed by atoms with Crippen LogP contribution in [0.15, 0.2) is 54.6 Å². The average Bonchev–Trinajstić information content (AvgIpc) is 2.71. The molecule has 0 radical (unpaired) electrons. The van der Waals surface area contributed by atoms with Gasteiger partial charge in [-0.1, -0.05) is 30.3 Å². The molecule has 0 aromatic heterocycles. The highest BCUT2D eigenvalue weighted by Crippen LogP contribution is 2.18. The smallest absolute Gasteiger partial charge is 0.251 e. The molecule has 1 fully saturated rings. The third kappa shape index (κ3) is 5.33. The van der Waals surface area contributed by atoms with Crippen LogP contribution in [-0.4, -0.2) is 49.4 Å². The molecule has 142 valence electrons. The zero-order valence-electron chi connectivity index (χ0n) is 15.9. The molecule has 1 aliphatic rings. The van der Waals surface area contributed by atoms with Gasteiger partial charge in [0.1, 0.15) is 0 Å². The molecule has 1 N–H and O–H groups in total. The van der Waals surface area contributed by atoms with Crippen LogP contribution in [0.3, 0.4) is 0 Å². The molecule has 27 heavy (non-hydrogen) atoms. The first-order chi connectivity index (χ1) is 13.1. The molecule has 2 aromatic rings. The van der Waals surface area contributed by atoms with E-state index in [-0.39, 0.29) is 11.8 Å². The van der Waals surface area contributed by atoms with Gasteiger partial charge >= 0.3 is 0 Å². The van der Waals surface area contributed by atoms with Crippen LogP contribution in [0.4, 0.5) is 5.69 Å². The number of amides is 2. The van der Waals surface area contributed by atoms with E-state index < -0.39 is 0 Å². The van der Waals surface area contributed by atoms with Crippen molar-refractivity contribution in [3.05, 3.63) is 65.7 Å². The Morgan fingerprint density at radius 2 is 1.70 bits per heavy atom. The van der Waals surface area contributed by atoms with Crippen LogP contribution in [-0.2, 0) is 4.79 Å². The minimum atomic E-state index is -0.0881. The fraction of sp³-hybridized carbons (Fsp3) is 0.364. The zero-order chi connectivity index (χ0) is 19.1. The molecule has 5 heteroatoms. The van der Waals surface area contributed by atoms with Crippen LogP contribution >= 0.6 is 0 Å². The van der Waals surface area contributed by atoms with Crippen molar-refractivity contribution < 1.29 is 9.59 Å². The highest BCUT2D eigenvalue weighted by atomic mass is 16.2. The van der Waals surface area contributed by atoms with E-state index in [0.717, 1.165) is 26.2 Å². The molecule has 1 heterocycles.